The largest absolute Gasteiger partial charge is 0.492 e. The molecule has 0 spiro atoms. The van der Waals surface area contributed by atoms with Gasteiger partial charge in [0.25, 0.3) is 0 Å². The van der Waals surface area contributed by atoms with E-state index in [-0.39, 0.29) is 0 Å². The minimum absolute atomic E-state index is 0.676. The Morgan fingerprint density at radius 1 is 1.40 bits per heavy atom. The van der Waals surface area contributed by atoms with Crippen molar-refractivity contribution in [2.24, 2.45) is 0 Å². The van der Waals surface area contributed by atoms with Crippen molar-refractivity contribution in [3.05, 3.63) is 40.9 Å². The van der Waals surface area contributed by atoms with Crippen molar-refractivity contribution in [3.8, 4) is 5.75 Å². The SMILES string of the molecule is C=C(C)CNCCOc1ccc(Br)cc1. The first kappa shape index (κ1) is 12.3. The highest BCUT2D eigenvalue weighted by Crippen LogP contribution is 2.15. The van der Waals surface area contributed by atoms with Crippen molar-refractivity contribution in [1.29, 1.82) is 0 Å². The summed E-state index contributed by atoms with van der Waals surface area (Å²) in [6.07, 6.45) is 0. The summed E-state index contributed by atoms with van der Waals surface area (Å²) in [6.45, 7) is 8.18. The Hall–Kier alpha value is -0.800. The first-order valence-corrected chi connectivity index (χ1v) is 5.71. The predicted octanol–water partition coefficient (Wildman–Crippen LogP) is 2.99. The van der Waals surface area contributed by atoms with Crippen LogP contribution in [-0.4, -0.2) is 19.7 Å². The Bertz CT molecular complexity index is 308. The molecule has 1 aromatic carbocycles. The van der Waals surface area contributed by atoms with Gasteiger partial charge in [0.1, 0.15) is 12.4 Å². The van der Waals surface area contributed by atoms with Crippen molar-refractivity contribution in [2.75, 3.05) is 19.7 Å². The third-order valence-corrected chi connectivity index (χ3v) is 2.32. The van der Waals surface area contributed by atoms with Gasteiger partial charge in [-0.2, -0.15) is 0 Å². The Balaban J connectivity index is 2.15. The molecule has 1 aromatic rings. The molecule has 1 rings (SSSR count). The molecule has 3 heteroatoms. The third-order valence-electron chi connectivity index (χ3n) is 1.79. The Labute approximate surface area is 99.5 Å². The number of hydrogen-bond acceptors (Lipinski definition) is 2. The Kier molecular flexibility index (Phi) is 5.43. The minimum atomic E-state index is 0.676. The molecule has 0 amide bonds. The van der Waals surface area contributed by atoms with E-state index in [1.165, 1.54) is 0 Å². The van der Waals surface area contributed by atoms with Gasteiger partial charge in [-0.05, 0) is 31.2 Å². The molecule has 82 valence electrons. The highest BCUT2D eigenvalue weighted by molar-refractivity contribution is 9.10. The molecule has 0 radical (unpaired) electrons. The van der Waals surface area contributed by atoms with Crippen LogP contribution < -0.4 is 10.1 Å². The maximum absolute atomic E-state index is 5.53. The molecule has 15 heavy (non-hydrogen) atoms. The summed E-state index contributed by atoms with van der Waals surface area (Å²) in [7, 11) is 0. The summed E-state index contributed by atoms with van der Waals surface area (Å²) < 4.78 is 6.59. The summed E-state index contributed by atoms with van der Waals surface area (Å²) in [5.41, 5.74) is 1.14. The van der Waals surface area contributed by atoms with Gasteiger partial charge in [-0.3, -0.25) is 0 Å². The van der Waals surface area contributed by atoms with Crippen LogP contribution in [0.3, 0.4) is 0 Å². The molecule has 0 bridgehead atoms. The molecule has 0 aliphatic carbocycles. The summed E-state index contributed by atoms with van der Waals surface area (Å²) in [4.78, 5) is 0. The zero-order chi connectivity index (χ0) is 11.1. The standard InChI is InChI=1S/C12H16BrNO/c1-10(2)9-14-7-8-15-12-5-3-11(13)4-6-12/h3-6,14H,1,7-9H2,2H3. The summed E-state index contributed by atoms with van der Waals surface area (Å²) in [5.74, 6) is 0.898. The van der Waals surface area contributed by atoms with E-state index in [2.05, 4.69) is 27.8 Å². The molecule has 0 saturated heterocycles. The molecule has 0 saturated carbocycles. The van der Waals surface area contributed by atoms with Crippen LogP contribution in [0.5, 0.6) is 5.75 Å². The Morgan fingerprint density at radius 3 is 2.67 bits per heavy atom. The van der Waals surface area contributed by atoms with E-state index in [4.69, 9.17) is 4.74 Å². The quantitative estimate of drug-likeness (QED) is 0.633. The van der Waals surface area contributed by atoms with Crippen molar-refractivity contribution in [2.45, 2.75) is 6.92 Å². The van der Waals surface area contributed by atoms with Crippen LogP contribution in [0, 0.1) is 0 Å². The zero-order valence-corrected chi connectivity index (χ0v) is 10.5. The topological polar surface area (TPSA) is 21.3 Å². The molecule has 0 fully saturated rings. The molecular weight excluding hydrogens is 254 g/mol. The predicted molar refractivity (Wildman–Crippen MR) is 67.3 cm³/mol. The van der Waals surface area contributed by atoms with E-state index in [9.17, 15) is 0 Å². The van der Waals surface area contributed by atoms with Gasteiger partial charge in [0.15, 0.2) is 0 Å². The summed E-state index contributed by atoms with van der Waals surface area (Å²) in [6, 6.07) is 7.83. The highest BCUT2D eigenvalue weighted by atomic mass is 79.9. The lowest BCUT2D eigenvalue weighted by atomic mass is 10.3. The minimum Gasteiger partial charge on any atom is -0.492 e. The lowest BCUT2D eigenvalue weighted by Crippen LogP contribution is -2.22. The third kappa shape index (κ3) is 5.60. The van der Waals surface area contributed by atoms with Gasteiger partial charge >= 0.3 is 0 Å². The smallest absolute Gasteiger partial charge is 0.119 e. The lowest BCUT2D eigenvalue weighted by Gasteiger charge is -2.07. The number of rotatable bonds is 6. The van der Waals surface area contributed by atoms with Gasteiger partial charge < -0.3 is 10.1 Å². The molecule has 0 unspecified atom stereocenters. The van der Waals surface area contributed by atoms with Gasteiger partial charge in [0, 0.05) is 17.6 Å². The Morgan fingerprint density at radius 2 is 2.07 bits per heavy atom. The van der Waals surface area contributed by atoms with Crippen LogP contribution in [0.2, 0.25) is 0 Å². The van der Waals surface area contributed by atoms with E-state index >= 15 is 0 Å². The number of nitrogens with one attached hydrogen (secondary N) is 1. The van der Waals surface area contributed by atoms with Crippen LogP contribution >= 0.6 is 15.9 Å². The van der Waals surface area contributed by atoms with Crippen LogP contribution in [0.15, 0.2) is 40.9 Å². The fourth-order valence-corrected chi connectivity index (χ4v) is 1.34. The van der Waals surface area contributed by atoms with Crippen molar-refractivity contribution < 1.29 is 4.74 Å². The second-order valence-corrected chi connectivity index (χ2v) is 4.35. The van der Waals surface area contributed by atoms with Gasteiger partial charge in [0.05, 0.1) is 0 Å². The number of hydrogen-bond donors (Lipinski definition) is 1. The molecule has 0 heterocycles. The van der Waals surface area contributed by atoms with Crippen molar-refractivity contribution in [3.63, 3.8) is 0 Å². The van der Waals surface area contributed by atoms with Crippen molar-refractivity contribution in [1.82, 2.24) is 5.32 Å². The molecule has 0 aliphatic rings. The van der Waals surface area contributed by atoms with E-state index in [0.717, 1.165) is 28.9 Å². The van der Waals surface area contributed by atoms with Crippen LogP contribution in [-0.2, 0) is 0 Å². The average molecular weight is 270 g/mol. The highest BCUT2D eigenvalue weighted by Gasteiger charge is 1.93. The number of halogens is 1. The van der Waals surface area contributed by atoms with E-state index in [1.807, 2.05) is 31.2 Å². The lowest BCUT2D eigenvalue weighted by molar-refractivity contribution is 0.316. The van der Waals surface area contributed by atoms with Gasteiger partial charge in [-0.15, -0.1) is 0 Å². The average Bonchev–Trinajstić information content (AvgIpc) is 2.20. The van der Waals surface area contributed by atoms with Gasteiger partial charge in [-0.1, -0.05) is 28.1 Å². The zero-order valence-electron chi connectivity index (χ0n) is 8.92. The van der Waals surface area contributed by atoms with Crippen LogP contribution in [0.4, 0.5) is 0 Å². The number of benzene rings is 1. The second-order valence-electron chi connectivity index (χ2n) is 3.44. The molecule has 2 nitrogen and oxygen atoms in total. The normalized spacial score (nSPS) is 10.0. The monoisotopic (exact) mass is 269 g/mol. The molecule has 0 aromatic heterocycles. The first-order chi connectivity index (χ1) is 7.18. The maximum Gasteiger partial charge on any atom is 0.119 e. The second kappa shape index (κ2) is 6.64. The first-order valence-electron chi connectivity index (χ1n) is 4.92. The maximum atomic E-state index is 5.53. The molecule has 0 atom stereocenters. The summed E-state index contributed by atoms with van der Waals surface area (Å²) >= 11 is 3.38. The molecule has 1 N–H and O–H groups in total. The van der Waals surface area contributed by atoms with E-state index in [1.54, 1.807) is 0 Å². The van der Waals surface area contributed by atoms with E-state index < -0.39 is 0 Å². The fraction of sp³-hybridized carbons (Fsp3) is 0.333. The molecular formula is C12H16BrNO. The summed E-state index contributed by atoms with van der Waals surface area (Å²) in [5, 5.41) is 3.23. The van der Waals surface area contributed by atoms with Crippen molar-refractivity contribution >= 4 is 15.9 Å². The van der Waals surface area contributed by atoms with E-state index in [0.29, 0.717) is 6.61 Å². The van der Waals surface area contributed by atoms with Crippen LogP contribution in [0.1, 0.15) is 6.92 Å². The molecule has 0 aliphatic heterocycles. The number of ether oxygens (including phenoxy) is 1. The fourth-order valence-electron chi connectivity index (χ4n) is 1.07. The van der Waals surface area contributed by atoms with Gasteiger partial charge in [0.2, 0.25) is 0 Å². The van der Waals surface area contributed by atoms with Crippen LogP contribution in [0.25, 0.3) is 0 Å². The van der Waals surface area contributed by atoms with Gasteiger partial charge in [-0.25, -0.2) is 0 Å².